The van der Waals surface area contributed by atoms with Gasteiger partial charge >= 0.3 is 0 Å². The Bertz CT molecular complexity index is 497. The van der Waals surface area contributed by atoms with Crippen molar-refractivity contribution >= 4 is 51.1 Å². The molecule has 0 atom stereocenters. The molecule has 0 radical (unpaired) electrons. The van der Waals surface area contributed by atoms with E-state index in [1.807, 2.05) is 6.92 Å². The van der Waals surface area contributed by atoms with Crippen molar-refractivity contribution in [1.82, 2.24) is 5.43 Å². The molecule has 18 heavy (non-hydrogen) atoms. The Morgan fingerprint density at radius 3 is 3.00 bits per heavy atom. The molecule has 5 nitrogen and oxygen atoms in total. The number of nitrogens with two attached hydrogens (primary N) is 1. The number of aromatic hydroxyl groups is 1. The zero-order valence-electron chi connectivity index (χ0n) is 9.41. The van der Waals surface area contributed by atoms with Gasteiger partial charge in [0.05, 0.1) is 22.3 Å². The van der Waals surface area contributed by atoms with Crippen molar-refractivity contribution in [2.24, 2.45) is 10.8 Å². The summed E-state index contributed by atoms with van der Waals surface area (Å²) in [4.78, 5) is 0. The van der Waals surface area contributed by atoms with Crippen LogP contribution in [0.5, 0.6) is 11.5 Å². The molecule has 8 heteroatoms. The van der Waals surface area contributed by atoms with E-state index in [-0.39, 0.29) is 10.9 Å². The van der Waals surface area contributed by atoms with Crippen LogP contribution in [0.25, 0.3) is 0 Å². The average Bonchev–Trinajstić information content (AvgIpc) is 2.32. The fourth-order valence-electron chi connectivity index (χ4n) is 1.14. The number of hydrazone groups is 1. The number of phenols is 1. The number of benzene rings is 1. The first-order valence-electron chi connectivity index (χ1n) is 4.89. The molecule has 0 aliphatic carbocycles. The first-order chi connectivity index (χ1) is 8.47. The predicted octanol–water partition coefficient (Wildman–Crippen LogP) is 2.37. The molecule has 0 aliphatic heterocycles. The number of hydrogen-bond donors (Lipinski definition) is 3. The van der Waals surface area contributed by atoms with Gasteiger partial charge in [-0.05, 0) is 41.1 Å². The lowest BCUT2D eigenvalue weighted by atomic mass is 10.2. The SMILES string of the molecule is CCOc1cc(C=NNC(N)=S)c(Cl)c(Br)c1O. The fraction of sp³-hybridized carbons (Fsp3) is 0.200. The maximum atomic E-state index is 9.79. The number of rotatable bonds is 4. The Hall–Kier alpha value is -1.05. The van der Waals surface area contributed by atoms with Gasteiger partial charge in [-0.15, -0.1) is 0 Å². The van der Waals surface area contributed by atoms with E-state index in [1.54, 1.807) is 6.07 Å². The smallest absolute Gasteiger partial charge is 0.184 e. The van der Waals surface area contributed by atoms with Crippen LogP contribution in [0, 0.1) is 0 Å². The molecule has 0 saturated heterocycles. The molecule has 1 aromatic rings. The van der Waals surface area contributed by atoms with Crippen molar-refractivity contribution in [3.05, 3.63) is 21.1 Å². The Morgan fingerprint density at radius 2 is 2.44 bits per heavy atom. The summed E-state index contributed by atoms with van der Waals surface area (Å²) in [6.07, 6.45) is 1.42. The number of thiocarbonyl (C=S) groups is 1. The summed E-state index contributed by atoms with van der Waals surface area (Å²) < 4.78 is 5.61. The van der Waals surface area contributed by atoms with E-state index in [1.165, 1.54) is 6.21 Å². The lowest BCUT2D eigenvalue weighted by molar-refractivity contribution is 0.317. The van der Waals surface area contributed by atoms with Gasteiger partial charge in [0.15, 0.2) is 16.6 Å². The van der Waals surface area contributed by atoms with E-state index in [4.69, 9.17) is 22.1 Å². The first kappa shape index (κ1) is 15.0. The largest absolute Gasteiger partial charge is 0.503 e. The third kappa shape index (κ3) is 3.72. The Balaban J connectivity index is 3.11. The molecule has 0 aromatic heterocycles. The van der Waals surface area contributed by atoms with E-state index in [0.29, 0.717) is 27.4 Å². The minimum Gasteiger partial charge on any atom is -0.503 e. The van der Waals surface area contributed by atoms with Crippen LogP contribution in [-0.2, 0) is 0 Å². The van der Waals surface area contributed by atoms with Crippen LogP contribution in [0.2, 0.25) is 5.02 Å². The molecule has 0 spiro atoms. The van der Waals surface area contributed by atoms with Gasteiger partial charge in [0.2, 0.25) is 0 Å². The van der Waals surface area contributed by atoms with Crippen molar-refractivity contribution in [3.63, 3.8) is 0 Å². The maximum Gasteiger partial charge on any atom is 0.184 e. The fourth-order valence-corrected chi connectivity index (χ4v) is 1.81. The van der Waals surface area contributed by atoms with Gasteiger partial charge in [-0.1, -0.05) is 11.6 Å². The van der Waals surface area contributed by atoms with E-state index in [0.717, 1.165) is 0 Å². The van der Waals surface area contributed by atoms with E-state index < -0.39 is 0 Å². The zero-order valence-corrected chi connectivity index (χ0v) is 12.6. The molecule has 98 valence electrons. The second-order valence-electron chi connectivity index (χ2n) is 3.11. The van der Waals surface area contributed by atoms with Crippen LogP contribution in [0.4, 0.5) is 0 Å². The van der Waals surface area contributed by atoms with Crippen LogP contribution in [0.15, 0.2) is 15.6 Å². The molecule has 0 unspecified atom stereocenters. The Morgan fingerprint density at radius 1 is 1.78 bits per heavy atom. The first-order valence-corrected chi connectivity index (χ1v) is 6.47. The number of phenolic OH excluding ortho intramolecular Hbond substituents is 1. The van der Waals surface area contributed by atoms with Gasteiger partial charge in [0, 0.05) is 5.56 Å². The third-order valence-electron chi connectivity index (χ3n) is 1.85. The Kier molecular flexibility index (Phi) is 5.64. The molecule has 0 heterocycles. The summed E-state index contributed by atoms with van der Waals surface area (Å²) in [5, 5.41) is 13.9. The van der Waals surface area contributed by atoms with Gasteiger partial charge in [-0.2, -0.15) is 5.10 Å². The van der Waals surface area contributed by atoms with Gasteiger partial charge in [0.25, 0.3) is 0 Å². The molecule has 4 N–H and O–H groups in total. The number of hydrogen-bond acceptors (Lipinski definition) is 4. The molecule has 0 amide bonds. The molecule has 1 aromatic carbocycles. The highest BCUT2D eigenvalue weighted by Gasteiger charge is 2.14. The van der Waals surface area contributed by atoms with Gasteiger partial charge < -0.3 is 15.6 Å². The average molecular weight is 353 g/mol. The minimum atomic E-state index is -0.0543. The van der Waals surface area contributed by atoms with Crippen LogP contribution >= 0.6 is 39.7 Å². The minimum absolute atomic E-state index is 0.0465. The summed E-state index contributed by atoms with van der Waals surface area (Å²) >= 11 is 13.8. The van der Waals surface area contributed by atoms with Crippen molar-refractivity contribution in [3.8, 4) is 11.5 Å². The summed E-state index contributed by atoms with van der Waals surface area (Å²) in [7, 11) is 0. The predicted molar refractivity (Wildman–Crippen MR) is 79.5 cm³/mol. The highest BCUT2D eigenvalue weighted by Crippen LogP contribution is 2.41. The van der Waals surface area contributed by atoms with E-state index >= 15 is 0 Å². The summed E-state index contributed by atoms with van der Waals surface area (Å²) in [5.74, 6) is 0.256. The molecule has 0 bridgehead atoms. The molecule has 1 rings (SSSR count). The summed E-state index contributed by atoms with van der Waals surface area (Å²) in [6.45, 7) is 2.23. The Labute approximate surface area is 123 Å². The molecule has 0 saturated carbocycles. The zero-order chi connectivity index (χ0) is 13.7. The van der Waals surface area contributed by atoms with Crippen LogP contribution < -0.4 is 15.9 Å². The highest BCUT2D eigenvalue weighted by molar-refractivity contribution is 9.10. The number of nitrogens with one attached hydrogen (secondary N) is 1. The summed E-state index contributed by atoms with van der Waals surface area (Å²) in [5.41, 5.74) is 8.18. The molecular formula is C10H11BrClN3O2S. The van der Waals surface area contributed by atoms with Crippen molar-refractivity contribution < 1.29 is 9.84 Å². The second kappa shape index (κ2) is 6.77. The second-order valence-corrected chi connectivity index (χ2v) is 4.72. The van der Waals surface area contributed by atoms with Crippen molar-refractivity contribution in [1.29, 1.82) is 0 Å². The van der Waals surface area contributed by atoms with Crippen molar-refractivity contribution in [2.75, 3.05) is 6.61 Å². The van der Waals surface area contributed by atoms with Gasteiger partial charge in [-0.25, -0.2) is 0 Å². The summed E-state index contributed by atoms with van der Waals surface area (Å²) in [6, 6.07) is 1.57. The lowest BCUT2D eigenvalue weighted by Gasteiger charge is -2.10. The van der Waals surface area contributed by atoms with Crippen molar-refractivity contribution in [2.45, 2.75) is 6.92 Å². The standard InChI is InChI=1S/C10H11BrClN3O2S/c1-2-17-6-3-5(4-14-15-10(13)18)8(12)7(11)9(6)16/h3-4,16H,2H2,1H3,(H3,13,15,18). The number of halogens is 2. The highest BCUT2D eigenvalue weighted by atomic mass is 79.9. The normalized spacial score (nSPS) is 10.6. The third-order valence-corrected chi connectivity index (χ3v) is 3.35. The maximum absolute atomic E-state index is 9.79. The lowest BCUT2D eigenvalue weighted by Crippen LogP contribution is -2.24. The quantitative estimate of drug-likeness (QED) is 0.440. The van der Waals surface area contributed by atoms with Crippen LogP contribution in [0.1, 0.15) is 12.5 Å². The van der Waals surface area contributed by atoms with Gasteiger partial charge in [-0.3, -0.25) is 5.43 Å². The van der Waals surface area contributed by atoms with E-state index in [2.05, 4.69) is 38.7 Å². The van der Waals surface area contributed by atoms with Gasteiger partial charge in [0.1, 0.15) is 0 Å². The van der Waals surface area contributed by atoms with Crippen LogP contribution in [0.3, 0.4) is 0 Å². The number of ether oxygens (including phenoxy) is 1. The van der Waals surface area contributed by atoms with E-state index in [9.17, 15) is 5.11 Å². The monoisotopic (exact) mass is 351 g/mol. The molecule has 0 fully saturated rings. The topological polar surface area (TPSA) is 79.9 Å². The van der Waals surface area contributed by atoms with Crippen LogP contribution in [-0.4, -0.2) is 23.0 Å². The molecule has 0 aliphatic rings. The number of nitrogens with zero attached hydrogens (tertiary/aromatic N) is 1. The molecular weight excluding hydrogens is 342 g/mol.